The molecule has 0 saturated heterocycles. The highest BCUT2D eigenvalue weighted by Gasteiger charge is 2.06. The van der Waals surface area contributed by atoms with Crippen molar-refractivity contribution in [3.05, 3.63) is 52.7 Å². The van der Waals surface area contributed by atoms with E-state index in [-0.39, 0.29) is 0 Å². The van der Waals surface area contributed by atoms with Gasteiger partial charge in [0.2, 0.25) is 0 Å². The highest BCUT2D eigenvalue weighted by Crippen LogP contribution is 2.24. The zero-order valence-electron chi connectivity index (χ0n) is 10.1. The Labute approximate surface area is 109 Å². The lowest BCUT2D eigenvalue weighted by Crippen LogP contribution is -1.96. The minimum Gasteiger partial charge on any atom is -0.384 e. The zero-order valence-corrected chi connectivity index (χ0v) is 10.9. The van der Waals surface area contributed by atoms with E-state index in [1.807, 2.05) is 30.5 Å². The molecule has 3 nitrogen and oxygen atoms in total. The predicted octanol–water partition coefficient (Wildman–Crippen LogP) is 3.17. The Kier molecular flexibility index (Phi) is 2.72. The van der Waals surface area contributed by atoms with Gasteiger partial charge in [0.15, 0.2) is 0 Å². The first kappa shape index (κ1) is 11.2. The van der Waals surface area contributed by atoms with E-state index in [0.717, 1.165) is 16.9 Å². The monoisotopic (exact) mass is 255 g/mol. The molecule has 0 unspecified atom stereocenters. The number of fused-ring (bicyclic) bond motifs is 1. The van der Waals surface area contributed by atoms with Gasteiger partial charge in [0, 0.05) is 12.6 Å². The van der Waals surface area contributed by atoms with Crippen molar-refractivity contribution in [2.24, 2.45) is 0 Å². The average molecular weight is 255 g/mol. The molecular formula is C14H13N3S. The van der Waals surface area contributed by atoms with Crippen molar-refractivity contribution >= 4 is 27.4 Å². The summed E-state index contributed by atoms with van der Waals surface area (Å²) in [4.78, 5) is 8.78. The topological polar surface area (TPSA) is 51.8 Å². The van der Waals surface area contributed by atoms with Crippen LogP contribution in [0.15, 0.2) is 36.5 Å². The minimum atomic E-state index is 0.570. The summed E-state index contributed by atoms with van der Waals surface area (Å²) in [6.07, 6.45) is 2.66. The van der Waals surface area contributed by atoms with Crippen molar-refractivity contribution in [2.75, 3.05) is 5.73 Å². The van der Waals surface area contributed by atoms with Crippen molar-refractivity contribution in [3.8, 4) is 0 Å². The van der Waals surface area contributed by atoms with Crippen LogP contribution in [0, 0.1) is 6.92 Å². The van der Waals surface area contributed by atoms with Crippen LogP contribution in [0.1, 0.15) is 16.1 Å². The van der Waals surface area contributed by atoms with E-state index in [2.05, 4.69) is 23.0 Å². The third-order valence-corrected chi connectivity index (χ3v) is 3.96. The average Bonchev–Trinajstić information content (AvgIpc) is 2.75. The van der Waals surface area contributed by atoms with Crippen LogP contribution in [0.25, 0.3) is 10.2 Å². The molecule has 2 heterocycles. The number of benzene rings is 1. The maximum Gasteiger partial charge on any atom is 0.123 e. The van der Waals surface area contributed by atoms with Crippen molar-refractivity contribution in [2.45, 2.75) is 13.3 Å². The molecule has 0 atom stereocenters. The summed E-state index contributed by atoms with van der Waals surface area (Å²) >= 11 is 1.73. The summed E-state index contributed by atoms with van der Waals surface area (Å²) in [7, 11) is 0. The number of nitrogens with zero attached hydrogens (tertiary/aromatic N) is 2. The first-order valence-corrected chi connectivity index (χ1v) is 6.59. The fourth-order valence-corrected chi connectivity index (χ4v) is 2.94. The Hall–Kier alpha value is -1.94. The minimum absolute atomic E-state index is 0.570. The molecular weight excluding hydrogens is 242 g/mol. The first-order valence-electron chi connectivity index (χ1n) is 5.78. The Morgan fingerprint density at radius 3 is 2.89 bits per heavy atom. The van der Waals surface area contributed by atoms with Crippen LogP contribution in [0.4, 0.5) is 5.82 Å². The van der Waals surface area contributed by atoms with Gasteiger partial charge < -0.3 is 5.73 Å². The summed E-state index contributed by atoms with van der Waals surface area (Å²) in [6.45, 7) is 2.06. The Morgan fingerprint density at radius 2 is 2.11 bits per heavy atom. The number of anilines is 1. The van der Waals surface area contributed by atoms with Crippen molar-refractivity contribution in [1.82, 2.24) is 9.97 Å². The van der Waals surface area contributed by atoms with E-state index >= 15 is 0 Å². The van der Waals surface area contributed by atoms with Crippen LogP contribution in [-0.4, -0.2) is 9.97 Å². The third-order valence-electron chi connectivity index (χ3n) is 2.92. The fraction of sp³-hybridized carbons (Fsp3) is 0.143. The summed E-state index contributed by atoms with van der Waals surface area (Å²) < 4.78 is 1.23. The van der Waals surface area contributed by atoms with Crippen molar-refractivity contribution in [1.29, 1.82) is 0 Å². The maximum atomic E-state index is 5.66. The molecule has 0 aliphatic rings. The predicted molar refractivity (Wildman–Crippen MR) is 75.8 cm³/mol. The van der Waals surface area contributed by atoms with Gasteiger partial charge in [0.05, 0.1) is 15.2 Å². The van der Waals surface area contributed by atoms with Gasteiger partial charge in [-0.25, -0.2) is 9.97 Å². The molecule has 0 saturated carbocycles. The van der Waals surface area contributed by atoms with Crippen LogP contribution in [0.5, 0.6) is 0 Å². The molecule has 3 rings (SSSR count). The number of thiazole rings is 1. The van der Waals surface area contributed by atoms with E-state index in [1.54, 1.807) is 11.3 Å². The lowest BCUT2D eigenvalue weighted by Gasteiger charge is -2.03. The smallest absolute Gasteiger partial charge is 0.123 e. The second-order valence-electron chi connectivity index (χ2n) is 4.29. The molecule has 0 aliphatic heterocycles. The molecule has 4 heteroatoms. The number of aryl methyl sites for hydroxylation is 1. The van der Waals surface area contributed by atoms with E-state index in [4.69, 9.17) is 5.73 Å². The zero-order chi connectivity index (χ0) is 12.5. The highest BCUT2D eigenvalue weighted by atomic mass is 32.1. The van der Waals surface area contributed by atoms with Gasteiger partial charge in [-0.1, -0.05) is 12.1 Å². The molecule has 0 radical (unpaired) electrons. The molecule has 0 amide bonds. The number of hydrogen-bond donors (Lipinski definition) is 1. The molecule has 0 aliphatic carbocycles. The van der Waals surface area contributed by atoms with Gasteiger partial charge in [-0.3, -0.25) is 0 Å². The van der Waals surface area contributed by atoms with Gasteiger partial charge in [0.25, 0.3) is 0 Å². The van der Waals surface area contributed by atoms with Gasteiger partial charge in [-0.2, -0.15) is 0 Å². The van der Waals surface area contributed by atoms with E-state index in [9.17, 15) is 0 Å². The summed E-state index contributed by atoms with van der Waals surface area (Å²) in [5.74, 6) is 0.570. The highest BCUT2D eigenvalue weighted by molar-refractivity contribution is 7.18. The molecule has 2 aromatic heterocycles. The van der Waals surface area contributed by atoms with Crippen LogP contribution in [0.2, 0.25) is 0 Å². The van der Waals surface area contributed by atoms with E-state index < -0.39 is 0 Å². The van der Waals surface area contributed by atoms with Gasteiger partial charge >= 0.3 is 0 Å². The quantitative estimate of drug-likeness (QED) is 0.765. The van der Waals surface area contributed by atoms with E-state index in [1.165, 1.54) is 15.8 Å². The number of para-hydroxylation sites is 1. The normalized spacial score (nSPS) is 10.9. The molecule has 0 spiro atoms. The molecule has 90 valence electrons. The summed E-state index contributed by atoms with van der Waals surface area (Å²) in [6, 6.07) is 10.1. The second kappa shape index (κ2) is 4.38. The number of pyridine rings is 1. The number of nitrogen functional groups attached to an aromatic ring is 1. The molecule has 0 fully saturated rings. The first-order chi connectivity index (χ1) is 8.72. The van der Waals surface area contributed by atoms with Gasteiger partial charge in [-0.05, 0) is 36.2 Å². The number of rotatable bonds is 2. The Bertz CT molecular complexity index is 670. The largest absolute Gasteiger partial charge is 0.384 e. The molecule has 1 aromatic carbocycles. The Morgan fingerprint density at radius 1 is 1.28 bits per heavy atom. The molecule has 0 bridgehead atoms. The van der Waals surface area contributed by atoms with Gasteiger partial charge in [0.1, 0.15) is 5.82 Å². The van der Waals surface area contributed by atoms with Crippen LogP contribution in [0.3, 0.4) is 0 Å². The second-order valence-corrected chi connectivity index (χ2v) is 5.40. The van der Waals surface area contributed by atoms with Gasteiger partial charge in [-0.15, -0.1) is 11.3 Å². The SMILES string of the molecule is Cc1cc(N)ncc1Cc1nc2ccccc2s1. The Balaban J connectivity index is 1.96. The molecule has 18 heavy (non-hydrogen) atoms. The number of hydrogen-bond acceptors (Lipinski definition) is 4. The maximum absolute atomic E-state index is 5.66. The molecule has 2 N–H and O–H groups in total. The molecule has 3 aromatic rings. The lowest BCUT2D eigenvalue weighted by molar-refractivity contribution is 1.10. The van der Waals surface area contributed by atoms with Crippen LogP contribution < -0.4 is 5.73 Å². The summed E-state index contributed by atoms with van der Waals surface area (Å²) in [5, 5.41) is 1.12. The van der Waals surface area contributed by atoms with Crippen LogP contribution in [-0.2, 0) is 6.42 Å². The van der Waals surface area contributed by atoms with Crippen LogP contribution >= 0.6 is 11.3 Å². The lowest BCUT2D eigenvalue weighted by atomic mass is 10.1. The fourth-order valence-electron chi connectivity index (χ4n) is 1.95. The van der Waals surface area contributed by atoms with E-state index in [0.29, 0.717) is 5.82 Å². The number of nitrogens with two attached hydrogens (primary N) is 1. The summed E-state index contributed by atoms with van der Waals surface area (Å²) in [5.41, 5.74) is 9.08. The number of aromatic nitrogens is 2. The van der Waals surface area contributed by atoms with Crippen molar-refractivity contribution in [3.63, 3.8) is 0 Å². The van der Waals surface area contributed by atoms with Crippen molar-refractivity contribution < 1.29 is 0 Å². The third kappa shape index (κ3) is 2.07. The standard InChI is InChI=1S/C14H13N3S/c1-9-6-13(15)16-8-10(9)7-14-17-11-4-2-3-5-12(11)18-14/h2-6,8H,7H2,1H3,(H2,15,16).